The van der Waals surface area contributed by atoms with E-state index in [2.05, 4.69) is 5.32 Å². The van der Waals surface area contributed by atoms with Crippen LogP contribution in [0.4, 0.5) is 14.5 Å². The van der Waals surface area contributed by atoms with Gasteiger partial charge in [-0.15, -0.1) is 0 Å². The van der Waals surface area contributed by atoms with Crippen molar-refractivity contribution in [1.82, 2.24) is 4.90 Å². The number of anilines is 1. The highest BCUT2D eigenvalue weighted by atomic mass is 19.1. The van der Waals surface area contributed by atoms with Crippen molar-refractivity contribution in [2.75, 3.05) is 45.3 Å². The average Bonchev–Trinajstić information content (AvgIpc) is 2.32. The van der Waals surface area contributed by atoms with E-state index in [9.17, 15) is 18.7 Å². The maximum Gasteiger partial charge on any atom is 0.238 e. The first-order valence-electron chi connectivity index (χ1n) is 6.56. The van der Waals surface area contributed by atoms with Gasteiger partial charge >= 0.3 is 0 Å². The molecule has 0 atom stereocenters. The number of hydrogen-bond donors (Lipinski definition) is 2. The molecule has 0 unspecified atom stereocenters. The normalized spacial score (nSPS) is 16.6. The van der Waals surface area contributed by atoms with Crippen molar-refractivity contribution < 1.29 is 23.4 Å². The van der Waals surface area contributed by atoms with E-state index < -0.39 is 11.6 Å². The molecule has 1 aromatic carbocycles. The van der Waals surface area contributed by atoms with Crippen LogP contribution in [0.15, 0.2) is 18.2 Å². The summed E-state index contributed by atoms with van der Waals surface area (Å²) in [5, 5.41) is 11.8. The molecule has 1 amide bonds. The summed E-state index contributed by atoms with van der Waals surface area (Å²) in [5.74, 6) is -1.87. The molecule has 0 aromatic heterocycles. The Hall–Kier alpha value is -1.57. The number of carbonyl (C=O) groups excluding carboxylic acids is 1. The second kappa shape index (κ2) is 6.46. The van der Waals surface area contributed by atoms with Crippen LogP contribution in [-0.4, -0.2) is 55.9 Å². The van der Waals surface area contributed by atoms with Gasteiger partial charge in [-0.1, -0.05) is 0 Å². The van der Waals surface area contributed by atoms with E-state index in [0.717, 1.165) is 18.2 Å². The van der Waals surface area contributed by atoms with Gasteiger partial charge in [0.15, 0.2) is 0 Å². The van der Waals surface area contributed by atoms with Gasteiger partial charge in [-0.3, -0.25) is 9.69 Å². The smallest absolute Gasteiger partial charge is 0.238 e. The van der Waals surface area contributed by atoms with Crippen LogP contribution in [0.5, 0.6) is 0 Å². The highest BCUT2D eigenvalue weighted by molar-refractivity contribution is 5.92. The van der Waals surface area contributed by atoms with Crippen LogP contribution in [0, 0.1) is 17.0 Å². The number of halogens is 2. The molecule has 2 N–H and O–H groups in total. The van der Waals surface area contributed by atoms with Crippen LogP contribution in [0.1, 0.15) is 0 Å². The first-order chi connectivity index (χ1) is 9.92. The number of nitrogens with zero attached hydrogens (tertiary/aromatic N) is 1. The third-order valence-corrected chi connectivity index (χ3v) is 3.32. The number of amides is 1. The Balaban J connectivity index is 1.86. The molecule has 0 radical (unpaired) electrons. The Morgan fingerprint density at radius 1 is 1.38 bits per heavy atom. The van der Waals surface area contributed by atoms with Crippen LogP contribution in [0.3, 0.4) is 0 Å². The SMILES string of the molecule is CN(CC(=O)Nc1cc(F)cc(F)c1)CC1(CO)COC1. The minimum Gasteiger partial charge on any atom is -0.396 e. The van der Waals surface area contributed by atoms with Crippen LogP contribution in [0.25, 0.3) is 0 Å². The lowest BCUT2D eigenvalue weighted by atomic mass is 9.86. The maximum atomic E-state index is 13.0. The highest BCUT2D eigenvalue weighted by Gasteiger charge is 2.39. The zero-order valence-corrected chi connectivity index (χ0v) is 11.7. The van der Waals surface area contributed by atoms with Gasteiger partial charge in [-0.25, -0.2) is 8.78 Å². The number of hydrogen-bond acceptors (Lipinski definition) is 4. The van der Waals surface area contributed by atoms with Crippen molar-refractivity contribution in [3.63, 3.8) is 0 Å². The van der Waals surface area contributed by atoms with Gasteiger partial charge in [0.25, 0.3) is 0 Å². The second-order valence-electron chi connectivity index (χ2n) is 5.53. The number of aliphatic hydroxyl groups is 1. The maximum absolute atomic E-state index is 13.0. The Morgan fingerprint density at radius 2 is 2.00 bits per heavy atom. The summed E-state index contributed by atoms with van der Waals surface area (Å²) in [6, 6.07) is 2.84. The topological polar surface area (TPSA) is 61.8 Å². The molecule has 1 fully saturated rings. The molecule has 116 valence electrons. The van der Waals surface area contributed by atoms with E-state index >= 15 is 0 Å². The zero-order chi connectivity index (χ0) is 15.5. The van der Waals surface area contributed by atoms with Crippen LogP contribution in [0.2, 0.25) is 0 Å². The Bertz CT molecular complexity index is 495. The molecular weight excluding hydrogens is 282 g/mol. The number of benzene rings is 1. The molecule has 1 saturated heterocycles. The van der Waals surface area contributed by atoms with Crippen molar-refractivity contribution in [3.05, 3.63) is 29.8 Å². The lowest BCUT2D eigenvalue weighted by Gasteiger charge is -2.42. The lowest BCUT2D eigenvalue weighted by Crippen LogP contribution is -2.53. The number of likely N-dealkylation sites (N-methyl/N-ethyl adjacent to an activating group) is 1. The fourth-order valence-electron chi connectivity index (χ4n) is 2.32. The number of carbonyl (C=O) groups is 1. The standard InChI is InChI=1S/C14H18F2N2O3/c1-18(6-14(7-19)8-21-9-14)5-13(20)17-12-3-10(15)2-11(16)4-12/h2-4,19H,5-9H2,1H3,(H,17,20). The summed E-state index contributed by atoms with van der Waals surface area (Å²) >= 11 is 0. The van der Waals surface area contributed by atoms with E-state index in [1.54, 1.807) is 11.9 Å². The molecule has 2 rings (SSSR count). The Labute approximate surface area is 121 Å². The van der Waals surface area contributed by atoms with Crippen LogP contribution in [-0.2, 0) is 9.53 Å². The van der Waals surface area contributed by atoms with Crippen LogP contribution < -0.4 is 5.32 Å². The third kappa shape index (κ3) is 4.20. The van der Waals surface area contributed by atoms with Gasteiger partial charge in [-0.05, 0) is 19.2 Å². The summed E-state index contributed by atoms with van der Waals surface area (Å²) in [4.78, 5) is 13.6. The molecule has 7 heteroatoms. The van der Waals surface area contributed by atoms with Gasteiger partial charge in [0.1, 0.15) is 11.6 Å². The summed E-state index contributed by atoms with van der Waals surface area (Å²) in [6.45, 7) is 1.48. The summed E-state index contributed by atoms with van der Waals surface area (Å²) in [7, 11) is 1.74. The van der Waals surface area contributed by atoms with Crippen molar-refractivity contribution in [3.8, 4) is 0 Å². The minimum absolute atomic E-state index is 0.00589. The van der Waals surface area contributed by atoms with Crippen molar-refractivity contribution in [2.45, 2.75) is 0 Å². The quantitative estimate of drug-likeness (QED) is 0.817. The zero-order valence-electron chi connectivity index (χ0n) is 11.7. The predicted octanol–water partition coefficient (Wildman–Crippen LogP) is 0.844. The number of ether oxygens (including phenoxy) is 1. The van der Waals surface area contributed by atoms with Gasteiger partial charge in [0.05, 0.1) is 31.8 Å². The summed E-state index contributed by atoms with van der Waals surface area (Å²) in [5.41, 5.74) is -0.241. The van der Waals surface area contributed by atoms with Crippen molar-refractivity contribution >= 4 is 11.6 Å². The van der Waals surface area contributed by atoms with Crippen molar-refractivity contribution in [2.24, 2.45) is 5.41 Å². The molecule has 0 spiro atoms. The van der Waals surface area contributed by atoms with Gasteiger partial charge < -0.3 is 15.2 Å². The minimum atomic E-state index is -0.746. The Kier molecular flexibility index (Phi) is 4.87. The fourth-order valence-corrected chi connectivity index (χ4v) is 2.32. The highest BCUT2D eigenvalue weighted by Crippen LogP contribution is 2.27. The number of nitrogens with one attached hydrogen (secondary N) is 1. The number of aliphatic hydroxyl groups excluding tert-OH is 1. The second-order valence-corrected chi connectivity index (χ2v) is 5.53. The van der Waals surface area contributed by atoms with Crippen molar-refractivity contribution in [1.29, 1.82) is 0 Å². The first-order valence-corrected chi connectivity index (χ1v) is 6.56. The monoisotopic (exact) mass is 300 g/mol. The molecule has 0 aliphatic carbocycles. The summed E-state index contributed by atoms with van der Waals surface area (Å²) in [6.07, 6.45) is 0. The molecule has 1 aliphatic rings. The van der Waals surface area contributed by atoms with Crippen LogP contribution >= 0.6 is 0 Å². The first kappa shape index (κ1) is 15.8. The molecule has 0 bridgehead atoms. The molecular formula is C14H18F2N2O3. The van der Waals surface area contributed by atoms with Gasteiger partial charge in [-0.2, -0.15) is 0 Å². The fraction of sp³-hybridized carbons (Fsp3) is 0.500. The molecule has 21 heavy (non-hydrogen) atoms. The number of rotatable bonds is 6. The van der Waals surface area contributed by atoms with E-state index in [4.69, 9.17) is 4.74 Å². The predicted molar refractivity (Wildman–Crippen MR) is 72.8 cm³/mol. The average molecular weight is 300 g/mol. The third-order valence-electron chi connectivity index (χ3n) is 3.32. The van der Waals surface area contributed by atoms with Gasteiger partial charge in [0, 0.05) is 18.3 Å². The van der Waals surface area contributed by atoms with E-state index in [0.29, 0.717) is 19.8 Å². The van der Waals surface area contributed by atoms with E-state index in [1.807, 2.05) is 0 Å². The molecule has 1 aromatic rings. The van der Waals surface area contributed by atoms with E-state index in [1.165, 1.54) is 0 Å². The Morgan fingerprint density at radius 3 is 2.48 bits per heavy atom. The molecule has 1 aliphatic heterocycles. The van der Waals surface area contributed by atoms with Gasteiger partial charge in [0.2, 0.25) is 5.91 Å². The molecule has 0 saturated carbocycles. The lowest BCUT2D eigenvalue weighted by molar-refractivity contribution is -0.147. The van der Waals surface area contributed by atoms with E-state index in [-0.39, 0.29) is 30.2 Å². The summed E-state index contributed by atoms with van der Waals surface area (Å²) < 4.78 is 31.1. The largest absolute Gasteiger partial charge is 0.396 e. The molecule has 5 nitrogen and oxygen atoms in total. The molecule has 1 heterocycles.